The molecule has 1 aromatic rings. The van der Waals surface area contributed by atoms with Crippen molar-refractivity contribution in [1.82, 2.24) is 5.32 Å². The first-order valence-electron chi connectivity index (χ1n) is 4.16. The smallest absolute Gasteiger partial charge is 0.207 e. The van der Waals surface area contributed by atoms with Gasteiger partial charge in [0.05, 0.1) is 0 Å². The number of rotatable bonds is 4. The highest BCUT2D eigenvalue weighted by atomic mass is 19.1. The van der Waals surface area contributed by atoms with Crippen LogP contribution in [0.4, 0.5) is 4.39 Å². The molecule has 3 heteroatoms. The summed E-state index contributed by atoms with van der Waals surface area (Å²) in [6.07, 6.45) is 1.40. The average Bonchev–Trinajstić information content (AvgIpc) is 2.09. The monoisotopic (exact) mass is 181 g/mol. The molecule has 0 aromatic heterocycles. The van der Waals surface area contributed by atoms with E-state index >= 15 is 0 Å². The van der Waals surface area contributed by atoms with E-state index in [9.17, 15) is 9.18 Å². The topological polar surface area (TPSA) is 29.1 Å². The molecule has 0 saturated carbocycles. The lowest BCUT2D eigenvalue weighted by Crippen LogP contribution is -2.26. The van der Waals surface area contributed by atoms with Crippen molar-refractivity contribution in [1.29, 1.82) is 0 Å². The number of hydrogen-bond donors (Lipinski definition) is 1. The second kappa shape index (κ2) is 4.60. The molecule has 1 atom stereocenters. The van der Waals surface area contributed by atoms with Crippen LogP contribution in [-0.4, -0.2) is 12.5 Å². The molecule has 1 rings (SSSR count). The fourth-order valence-corrected chi connectivity index (χ4v) is 1.15. The molecular formula is C10H12FNO. The maximum Gasteiger partial charge on any atom is 0.207 e. The van der Waals surface area contributed by atoms with E-state index in [1.807, 2.05) is 6.92 Å². The molecule has 1 unspecified atom stereocenters. The third-order valence-corrected chi connectivity index (χ3v) is 1.81. The van der Waals surface area contributed by atoms with Crippen molar-refractivity contribution in [3.63, 3.8) is 0 Å². The molecular weight excluding hydrogens is 169 g/mol. The molecule has 0 bridgehead atoms. The first-order chi connectivity index (χ1) is 6.22. The maximum atomic E-state index is 12.5. The van der Waals surface area contributed by atoms with E-state index in [0.29, 0.717) is 6.41 Å². The summed E-state index contributed by atoms with van der Waals surface area (Å²) in [5, 5.41) is 2.63. The van der Waals surface area contributed by atoms with Gasteiger partial charge in [-0.3, -0.25) is 4.79 Å². The fraction of sp³-hybridized carbons (Fsp3) is 0.300. The highest BCUT2D eigenvalue weighted by Gasteiger charge is 2.01. The Kier molecular flexibility index (Phi) is 3.43. The second-order valence-electron chi connectivity index (χ2n) is 3.02. The standard InChI is InChI=1S/C10H12FNO/c1-8(12-7-13)6-9-2-4-10(11)5-3-9/h2-5,7-8H,6H2,1H3,(H,12,13). The molecule has 1 amide bonds. The zero-order chi connectivity index (χ0) is 9.68. The number of halogens is 1. The number of hydrogen-bond acceptors (Lipinski definition) is 1. The Bertz CT molecular complexity index is 271. The van der Waals surface area contributed by atoms with Crippen LogP contribution >= 0.6 is 0 Å². The summed E-state index contributed by atoms with van der Waals surface area (Å²) in [7, 11) is 0. The Morgan fingerprint density at radius 3 is 2.62 bits per heavy atom. The highest BCUT2D eigenvalue weighted by molar-refractivity contribution is 5.46. The molecule has 2 nitrogen and oxygen atoms in total. The Balaban J connectivity index is 2.53. The van der Waals surface area contributed by atoms with Gasteiger partial charge in [-0.25, -0.2) is 4.39 Å². The summed E-state index contributed by atoms with van der Waals surface area (Å²) in [4.78, 5) is 10.1. The van der Waals surface area contributed by atoms with Crippen LogP contribution in [0.5, 0.6) is 0 Å². The summed E-state index contributed by atoms with van der Waals surface area (Å²) < 4.78 is 12.5. The molecule has 0 heterocycles. The van der Waals surface area contributed by atoms with Crippen LogP contribution in [0.15, 0.2) is 24.3 Å². The third-order valence-electron chi connectivity index (χ3n) is 1.81. The van der Waals surface area contributed by atoms with Crippen LogP contribution < -0.4 is 5.32 Å². The Hall–Kier alpha value is -1.38. The van der Waals surface area contributed by atoms with Gasteiger partial charge >= 0.3 is 0 Å². The molecule has 1 N–H and O–H groups in total. The summed E-state index contributed by atoms with van der Waals surface area (Å²) in [5.41, 5.74) is 1.02. The van der Waals surface area contributed by atoms with Gasteiger partial charge in [0.25, 0.3) is 0 Å². The maximum absolute atomic E-state index is 12.5. The average molecular weight is 181 g/mol. The van der Waals surface area contributed by atoms with Crippen molar-refractivity contribution in [2.75, 3.05) is 0 Å². The minimum absolute atomic E-state index is 0.0861. The zero-order valence-electron chi connectivity index (χ0n) is 7.46. The van der Waals surface area contributed by atoms with Crippen LogP contribution in [0.3, 0.4) is 0 Å². The minimum Gasteiger partial charge on any atom is -0.356 e. The van der Waals surface area contributed by atoms with Crippen LogP contribution in [0.25, 0.3) is 0 Å². The van der Waals surface area contributed by atoms with Gasteiger partial charge in [-0.15, -0.1) is 0 Å². The molecule has 0 spiro atoms. The number of amides is 1. The largest absolute Gasteiger partial charge is 0.356 e. The van der Waals surface area contributed by atoms with Gasteiger partial charge in [-0.1, -0.05) is 12.1 Å². The lowest BCUT2D eigenvalue weighted by atomic mass is 10.1. The van der Waals surface area contributed by atoms with E-state index in [2.05, 4.69) is 5.32 Å². The van der Waals surface area contributed by atoms with Gasteiger partial charge in [0, 0.05) is 6.04 Å². The lowest BCUT2D eigenvalue weighted by Gasteiger charge is -2.09. The Morgan fingerprint density at radius 1 is 1.46 bits per heavy atom. The first-order valence-corrected chi connectivity index (χ1v) is 4.16. The Labute approximate surface area is 76.8 Å². The highest BCUT2D eigenvalue weighted by Crippen LogP contribution is 2.05. The lowest BCUT2D eigenvalue weighted by molar-refractivity contribution is -0.110. The number of carbonyl (C=O) groups is 1. The second-order valence-corrected chi connectivity index (χ2v) is 3.02. The van der Waals surface area contributed by atoms with Gasteiger partial charge in [-0.2, -0.15) is 0 Å². The molecule has 0 fully saturated rings. The van der Waals surface area contributed by atoms with E-state index < -0.39 is 0 Å². The molecule has 0 aliphatic rings. The SMILES string of the molecule is CC(Cc1ccc(F)cc1)NC=O. The van der Waals surface area contributed by atoms with E-state index in [1.165, 1.54) is 12.1 Å². The predicted octanol–water partition coefficient (Wildman–Crippen LogP) is 1.50. The van der Waals surface area contributed by atoms with Gasteiger partial charge in [0.2, 0.25) is 6.41 Å². The van der Waals surface area contributed by atoms with Crippen molar-refractivity contribution in [3.8, 4) is 0 Å². The molecule has 70 valence electrons. The summed E-state index contributed by atoms with van der Waals surface area (Å²) in [6, 6.07) is 6.37. The number of nitrogens with one attached hydrogen (secondary N) is 1. The summed E-state index contributed by atoms with van der Waals surface area (Å²) in [6.45, 7) is 1.90. The van der Waals surface area contributed by atoms with Crippen LogP contribution in [0.1, 0.15) is 12.5 Å². The van der Waals surface area contributed by atoms with Crippen molar-refractivity contribution < 1.29 is 9.18 Å². The zero-order valence-corrected chi connectivity index (χ0v) is 7.46. The summed E-state index contributed by atoms with van der Waals surface area (Å²) >= 11 is 0. The molecule has 0 saturated heterocycles. The predicted molar refractivity (Wildman–Crippen MR) is 48.8 cm³/mol. The van der Waals surface area contributed by atoms with Gasteiger partial charge < -0.3 is 5.32 Å². The fourth-order valence-electron chi connectivity index (χ4n) is 1.15. The third kappa shape index (κ3) is 3.23. The van der Waals surface area contributed by atoms with Crippen LogP contribution in [0, 0.1) is 5.82 Å². The van der Waals surface area contributed by atoms with Gasteiger partial charge in [-0.05, 0) is 31.0 Å². The van der Waals surface area contributed by atoms with E-state index in [-0.39, 0.29) is 11.9 Å². The number of benzene rings is 1. The van der Waals surface area contributed by atoms with E-state index in [1.54, 1.807) is 12.1 Å². The molecule has 1 aromatic carbocycles. The normalized spacial score (nSPS) is 12.2. The summed E-state index contributed by atoms with van der Waals surface area (Å²) in [5.74, 6) is -0.236. The van der Waals surface area contributed by atoms with Gasteiger partial charge in [0.15, 0.2) is 0 Å². The van der Waals surface area contributed by atoms with E-state index in [0.717, 1.165) is 12.0 Å². The molecule has 0 aliphatic heterocycles. The number of carbonyl (C=O) groups excluding carboxylic acids is 1. The molecule has 0 aliphatic carbocycles. The van der Waals surface area contributed by atoms with Crippen LogP contribution in [0.2, 0.25) is 0 Å². The molecule has 0 radical (unpaired) electrons. The quantitative estimate of drug-likeness (QED) is 0.701. The van der Waals surface area contributed by atoms with Crippen molar-refractivity contribution >= 4 is 6.41 Å². The molecule has 13 heavy (non-hydrogen) atoms. The van der Waals surface area contributed by atoms with E-state index in [4.69, 9.17) is 0 Å². The van der Waals surface area contributed by atoms with Crippen molar-refractivity contribution in [2.24, 2.45) is 0 Å². The minimum atomic E-state index is -0.236. The van der Waals surface area contributed by atoms with Gasteiger partial charge in [0.1, 0.15) is 5.82 Å². The van der Waals surface area contributed by atoms with Crippen LogP contribution in [-0.2, 0) is 11.2 Å². The Morgan fingerprint density at radius 2 is 2.08 bits per heavy atom. The van der Waals surface area contributed by atoms with Crippen molar-refractivity contribution in [3.05, 3.63) is 35.6 Å². The van der Waals surface area contributed by atoms with Crippen molar-refractivity contribution in [2.45, 2.75) is 19.4 Å². The first kappa shape index (κ1) is 9.71.